The Morgan fingerprint density at radius 2 is 1.20 bits per heavy atom. The Morgan fingerprint density at radius 3 is 1.72 bits per heavy atom. The van der Waals surface area contributed by atoms with E-state index in [4.69, 9.17) is 28.5 Å². The van der Waals surface area contributed by atoms with Crippen LogP contribution in [-0.4, -0.2) is 126 Å². The van der Waals surface area contributed by atoms with E-state index in [0.29, 0.717) is 17.2 Å². The molecular weight excluding hydrogens is 974 g/mol. The zero-order chi connectivity index (χ0) is 53.2. The Labute approximate surface area is 428 Å². The number of aromatic nitrogens is 7. The lowest BCUT2D eigenvalue weighted by atomic mass is 9.80. The van der Waals surface area contributed by atoms with Gasteiger partial charge in [-0.2, -0.15) is 5.26 Å². The normalized spacial score (nSPS) is 11.9. The number of rotatable bonds is 28. The van der Waals surface area contributed by atoms with E-state index in [2.05, 4.69) is 31.0 Å². The number of carbonyl (C=O) groups excluding carboxylic acids is 2. The Bertz CT molecular complexity index is 2990. The maximum atomic E-state index is 14.3. The first-order valence-electron chi connectivity index (χ1n) is 23.9. The fraction of sp³-hybridized carbons (Fsp3) is 0.392. The summed E-state index contributed by atoms with van der Waals surface area (Å²) in [5.74, 6) is 0.356. The van der Waals surface area contributed by atoms with Crippen molar-refractivity contribution in [2.24, 2.45) is 0 Å². The van der Waals surface area contributed by atoms with Crippen LogP contribution in [0.3, 0.4) is 0 Å². The molecule has 0 bridgehead atoms. The van der Waals surface area contributed by atoms with Crippen molar-refractivity contribution in [3.05, 3.63) is 174 Å². The predicted molar refractivity (Wildman–Crippen MR) is 274 cm³/mol. The molecule has 392 valence electrons. The van der Waals surface area contributed by atoms with Gasteiger partial charge in [-0.25, -0.2) is 14.3 Å². The molecule has 74 heavy (non-hydrogen) atoms. The minimum Gasteiger partial charge on any atom is -0.497 e. The Balaban J connectivity index is 1.25. The number of nitriles is 1. The molecule has 1 atom stereocenters. The Hall–Kier alpha value is -7.54. The van der Waals surface area contributed by atoms with Crippen LogP contribution < -0.4 is 32.0 Å². The van der Waals surface area contributed by atoms with Crippen molar-refractivity contribution in [1.29, 1.82) is 5.26 Å². The van der Waals surface area contributed by atoms with E-state index < -0.39 is 61.5 Å². The zero-order valence-electron chi connectivity index (χ0n) is 42.3. The van der Waals surface area contributed by atoms with E-state index in [1.807, 2.05) is 107 Å². The molecule has 0 aliphatic carbocycles. The van der Waals surface area contributed by atoms with Gasteiger partial charge in [0.25, 0.3) is 19.6 Å². The van der Waals surface area contributed by atoms with E-state index in [0.717, 1.165) is 38.0 Å². The number of hydrogen-bond acceptors (Lipinski definition) is 15. The first kappa shape index (κ1) is 55.8. The molecule has 3 aromatic heterocycles. The van der Waals surface area contributed by atoms with Crippen LogP contribution in [0, 0.1) is 11.3 Å². The van der Waals surface area contributed by atoms with Crippen molar-refractivity contribution in [1.82, 2.24) is 48.6 Å². The van der Waals surface area contributed by atoms with Gasteiger partial charge >= 0.3 is 11.4 Å². The van der Waals surface area contributed by atoms with Gasteiger partial charge in [-0.1, -0.05) is 59.8 Å². The largest absolute Gasteiger partial charge is 0.497 e. The first-order chi connectivity index (χ1) is 35.6. The lowest BCUT2D eigenvalue weighted by Gasteiger charge is -2.37. The number of methoxy groups -OCH3 is 2. The minimum atomic E-state index is -1.63. The molecule has 6 aromatic rings. The fourth-order valence-corrected chi connectivity index (χ4v) is 9.73. The molecule has 22 nitrogen and oxygen atoms in total. The quantitative estimate of drug-likeness (QED) is 0.0402. The average molecular weight is 1040 g/mol. The number of amides is 2. The first-order valence-corrected chi connectivity index (χ1v) is 25.0. The standard InChI is InChI=1S/C51H62N11O11P/c1-37(2)62(38(3)4)74(72-30-10-23-52)73-32-29-58(48(66)36-60-25-22-46(64)54-50(60)68)33-42-34-61(56-55-42)27-26-57(47(65)35-59-24-21-45(63)53-49(59)67)28-31-71-51(39-11-8-7-9-12-39,40-13-17-43(69-5)18-14-40)41-15-19-44(70-6)20-16-41/h7-9,11-22,24-25,34,37-38H,10,26-33,35-36H2,1-6H3,(H,53,63,67)(H,54,64,68). The topological polar surface area (TPSA) is 254 Å². The Kier molecular flexibility index (Phi) is 20.3. The van der Waals surface area contributed by atoms with Gasteiger partial charge in [0.15, 0.2) is 0 Å². The van der Waals surface area contributed by atoms with Gasteiger partial charge in [-0.15, -0.1) is 5.10 Å². The molecule has 2 amide bonds. The second kappa shape index (κ2) is 27.0. The molecule has 0 aliphatic heterocycles. The molecule has 0 saturated carbocycles. The van der Waals surface area contributed by atoms with Crippen molar-refractivity contribution in [3.8, 4) is 17.6 Å². The van der Waals surface area contributed by atoms with Crippen LogP contribution >= 0.6 is 8.53 Å². The molecule has 0 aliphatic rings. The van der Waals surface area contributed by atoms with Crippen molar-refractivity contribution >= 4 is 20.3 Å². The summed E-state index contributed by atoms with van der Waals surface area (Å²) in [5.41, 5.74) is -1.16. The van der Waals surface area contributed by atoms with E-state index in [9.17, 15) is 28.8 Å². The predicted octanol–water partition coefficient (Wildman–Crippen LogP) is 3.85. The molecular formula is C51H62N11O11P. The third-order valence-corrected chi connectivity index (χ3v) is 13.8. The van der Waals surface area contributed by atoms with Crippen LogP contribution in [0.1, 0.15) is 56.5 Å². The number of aromatic amines is 2. The molecule has 0 fully saturated rings. The van der Waals surface area contributed by atoms with Crippen molar-refractivity contribution in [2.75, 3.05) is 53.7 Å². The SMILES string of the molecule is COc1ccc(C(OCCN(CCn2cc(CN(CCOP(OCCC#N)N(C(C)C)C(C)C)C(=O)Cn3ccc(=O)[nH]c3=O)nn2)C(=O)Cn2ccc(=O)[nH]c2=O)(c2ccccc2)c2ccc(OC)cc2)cc1. The summed E-state index contributed by atoms with van der Waals surface area (Å²) >= 11 is 0. The second-order valence-corrected chi connectivity index (χ2v) is 18.8. The summed E-state index contributed by atoms with van der Waals surface area (Å²) < 4.78 is 36.1. The molecule has 0 saturated heterocycles. The van der Waals surface area contributed by atoms with Gasteiger partial charge in [-0.3, -0.25) is 43.0 Å². The van der Waals surface area contributed by atoms with E-state index in [1.165, 1.54) is 26.9 Å². The number of carbonyl (C=O) groups is 2. The van der Waals surface area contributed by atoms with Crippen LogP contribution in [0.15, 0.2) is 129 Å². The molecule has 2 N–H and O–H groups in total. The number of nitrogens with one attached hydrogen (secondary N) is 2. The minimum absolute atomic E-state index is 0.00297. The molecule has 3 heterocycles. The van der Waals surface area contributed by atoms with Crippen LogP contribution in [0.25, 0.3) is 0 Å². The number of benzene rings is 3. The zero-order valence-corrected chi connectivity index (χ0v) is 43.2. The van der Waals surface area contributed by atoms with Gasteiger partial charge in [0.1, 0.15) is 35.9 Å². The molecule has 6 rings (SSSR count). The molecule has 0 radical (unpaired) electrons. The van der Waals surface area contributed by atoms with Gasteiger partial charge in [0, 0.05) is 56.2 Å². The summed E-state index contributed by atoms with van der Waals surface area (Å²) in [5, 5.41) is 17.8. The molecule has 1 unspecified atom stereocenters. The maximum Gasteiger partial charge on any atom is 0.328 e. The molecule has 0 spiro atoms. The van der Waals surface area contributed by atoms with Crippen molar-refractivity contribution in [2.45, 2.75) is 78.0 Å². The number of ether oxygens (including phenoxy) is 3. The van der Waals surface area contributed by atoms with Crippen molar-refractivity contribution < 1.29 is 32.8 Å². The summed E-state index contributed by atoms with van der Waals surface area (Å²) in [4.78, 5) is 84.6. The van der Waals surface area contributed by atoms with Crippen molar-refractivity contribution in [3.63, 3.8) is 0 Å². The van der Waals surface area contributed by atoms with E-state index in [-0.39, 0.29) is 71.0 Å². The highest BCUT2D eigenvalue weighted by atomic mass is 31.2. The van der Waals surface area contributed by atoms with Crippen LogP contribution in [0.2, 0.25) is 0 Å². The van der Waals surface area contributed by atoms with Crippen LogP contribution in [0.5, 0.6) is 11.5 Å². The second-order valence-electron chi connectivity index (χ2n) is 17.4. The maximum absolute atomic E-state index is 14.3. The summed E-state index contributed by atoms with van der Waals surface area (Å²) in [7, 11) is 1.54. The van der Waals surface area contributed by atoms with Gasteiger partial charge in [0.05, 0.1) is 65.8 Å². The summed E-state index contributed by atoms with van der Waals surface area (Å²) in [6.45, 7) is 7.62. The average Bonchev–Trinajstić information content (AvgIpc) is 3.84. The van der Waals surface area contributed by atoms with Gasteiger partial charge < -0.3 is 33.1 Å². The number of nitrogens with zero attached hydrogens (tertiary/aromatic N) is 9. The smallest absolute Gasteiger partial charge is 0.328 e. The fourth-order valence-electron chi connectivity index (χ4n) is 8.15. The number of hydrogen-bond donors (Lipinski definition) is 2. The highest BCUT2D eigenvalue weighted by Gasteiger charge is 2.38. The lowest BCUT2D eigenvalue weighted by Crippen LogP contribution is -2.42. The lowest BCUT2D eigenvalue weighted by molar-refractivity contribution is -0.134. The van der Waals surface area contributed by atoms with Gasteiger partial charge in [0.2, 0.25) is 11.8 Å². The van der Waals surface area contributed by atoms with Crippen LogP contribution in [0.4, 0.5) is 0 Å². The molecule has 23 heteroatoms. The van der Waals surface area contributed by atoms with Crippen LogP contribution in [-0.2, 0) is 55.2 Å². The third-order valence-electron chi connectivity index (χ3n) is 11.7. The third kappa shape index (κ3) is 14.8. The van der Waals surface area contributed by atoms with Gasteiger partial charge in [-0.05, 0) is 68.7 Å². The highest BCUT2D eigenvalue weighted by molar-refractivity contribution is 7.44. The number of H-pyrrole nitrogens is 2. The van der Waals surface area contributed by atoms with E-state index >= 15 is 0 Å². The molecule has 3 aromatic carbocycles. The Morgan fingerprint density at radius 1 is 0.689 bits per heavy atom. The summed E-state index contributed by atoms with van der Waals surface area (Å²) in [6, 6.07) is 29.2. The highest BCUT2D eigenvalue weighted by Crippen LogP contribution is 2.46. The summed E-state index contributed by atoms with van der Waals surface area (Å²) in [6.07, 6.45) is 4.29. The monoisotopic (exact) mass is 1040 g/mol. The van der Waals surface area contributed by atoms with E-state index in [1.54, 1.807) is 20.4 Å².